The fourth-order valence-corrected chi connectivity index (χ4v) is 2.38. The Balaban J connectivity index is 1.84. The molecule has 1 heterocycles. The largest absolute Gasteiger partial charge is 0.508 e. The molecule has 0 atom stereocenters. The quantitative estimate of drug-likeness (QED) is 0.573. The second kappa shape index (κ2) is 8.09. The number of hydrogen-bond acceptors (Lipinski definition) is 4. The van der Waals surface area contributed by atoms with Gasteiger partial charge in [-0.05, 0) is 45.4 Å². The van der Waals surface area contributed by atoms with E-state index in [2.05, 4.69) is 15.6 Å². The van der Waals surface area contributed by atoms with Crippen LogP contribution in [0.5, 0.6) is 5.75 Å². The topological polar surface area (TPSA) is 86.2 Å². The van der Waals surface area contributed by atoms with Gasteiger partial charge in [0.05, 0.1) is 12.6 Å². The lowest BCUT2D eigenvalue weighted by Gasteiger charge is -2.40. The van der Waals surface area contributed by atoms with Gasteiger partial charge < -0.3 is 25.4 Å². The molecule has 138 valence electrons. The minimum Gasteiger partial charge on any atom is -0.508 e. The molecule has 1 aromatic carbocycles. The van der Waals surface area contributed by atoms with Crippen molar-refractivity contribution < 1.29 is 14.6 Å². The summed E-state index contributed by atoms with van der Waals surface area (Å²) in [6.45, 7) is 9.96. The number of ether oxygens (including phenoxy) is 1. The zero-order chi connectivity index (χ0) is 18.4. The standard InChI is InChI=1S/C18H28N4O3/c1-5-19-16(20-10-13-7-6-8-15(23)9-13)21-14-11-22(12-14)17(24)25-18(2,3)4/h6-9,14,23H,5,10-12H2,1-4H3,(H2,19,20,21). The molecule has 1 fully saturated rings. The number of phenolic OH excluding ortho intramolecular Hbond substituents is 1. The number of carbonyl (C=O) groups is 1. The highest BCUT2D eigenvalue weighted by molar-refractivity contribution is 5.80. The number of hydrogen-bond donors (Lipinski definition) is 3. The van der Waals surface area contributed by atoms with E-state index in [1.807, 2.05) is 33.8 Å². The number of aromatic hydroxyl groups is 1. The second-order valence-electron chi connectivity index (χ2n) is 7.09. The van der Waals surface area contributed by atoms with Gasteiger partial charge >= 0.3 is 6.09 Å². The van der Waals surface area contributed by atoms with Gasteiger partial charge in [-0.1, -0.05) is 12.1 Å². The summed E-state index contributed by atoms with van der Waals surface area (Å²) in [7, 11) is 0. The van der Waals surface area contributed by atoms with Crippen molar-refractivity contribution in [3.8, 4) is 5.75 Å². The van der Waals surface area contributed by atoms with Gasteiger partial charge in [-0.3, -0.25) is 0 Å². The second-order valence-corrected chi connectivity index (χ2v) is 7.09. The van der Waals surface area contributed by atoms with Crippen LogP contribution in [0.3, 0.4) is 0 Å². The fourth-order valence-electron chi connectivity index (χ4n) is 2.38. The summed E-state index contributed by atoms with van der Waals surface area (Å²) in [6, 6.07) is 7.19. The highest BCUT2D eigenvalue weighted by Gasteiger charge is 2.34. The van der Waals surface area contributed by atoms with Crippen LogP contribution >= 0.6 is 0 Å². The van der Waals surface area contributed by atoms with E-state index in [1.165, 1.54) is 0 Å². The van der Waals surface area contributed by atoms with Crippen molar-refractivity contribution in [1.29, 1.82) is 0 Å². The molecule has 0 radical (unpaired) electrons. The molecular weight excluding hydrogens is 320 g/mol. The molecule has 0 unspecified atom stereocenters. The monoisotopic (exact) mass is 348 g/mol. The molecule has 0 aliphatic carbocycles. The fraction of sp³-hybridized carbons (Fsp3) is 0.556. The number of guanidine groups is 1. The summed E-state index contributed by atoms with van der Waals surface area (Å²) in [5, 5.41) is 16.0. The highest BCUT2D eigenvalue weighted by Crippen LogP contribution is 2.15. The predicted octanol–water partition coefficient (Wildman–Crippen LogP) is 2.07. The van der Waals surface area contributed by atoms with Crippen LogP contribution in [0.2, 0.25) is 0 Å². The Hall–Kier alpha value is -2.44. The maximum absolute atomic E-state index is 11.9. The van der Waals surface area contributed by atoms with Crippen molar-refractivity contribution in [2.45, 2.75) is 45.9 Å². The molecule has 1 aromatic rings. The third-order valence-corrected chi connectivity index (χ3v) is 3.55. The van der Waals surface area contributed by atoms with Gasteiger partial charge in [0.1, 0.15) is 11.4 Å². The van der Waals surface area contributed by atoms with Gasteiger partial charge in [0.15, 0.2) is 5.96 Å². The van der Waals surface area contributed by atoms with Crippen LogP contribution in [0.25, 0.3) is 0 Å². The van der Waals surface area contributed by atoms with Gasteiger partial charge in [0, 0.05) is 19.6 Å². The number of benzene rings is 1. The van der Waals surface area contributed by atoms with Gasteiger partial charge in [0.25, 0.3) is 0 Å². The molecule has 1 amide bonds. The summed E-state index contributed by atoms with van der Waals surface area (Å²) in [6.07, 6.45) is -0.285. The maximum atomic E-state index is 11.9. The van der Waals surface area contributed by atoms with Gasteiger partial charge in [-0.2, -0.15) is 0 Å². The zero-order valence-corrected chi connectivity index (χ0v) is 15.4. The van der Waals surface area contributed by atoms with E-state index >= 15 is 0 Å². The average Bonchev–Trinajstić information content (AvgIpc) is 2.46. The first-order chi connectivity index (χ1) is 11.8. The molecule has 1 saturated heterocycles. The van der Waals surface area contributed by atoms with Crippen molar-refractivity contribution in [2.24, 2.45) is 4.99 Å². The summed E-state index contributed by atoms with van der Waals surface area (Å²) in [5.74, 6) is 0.928. The Kier molecular flexibility index (Phi) is 6.12. The lowest BCUT2D eigenvalue weighted by Crippen LogP contribution is -2.63. The number of rotatable bonds is 4. The Bertz CT molecular complexity index is 619. The van der Waals surface area contributed by atoms with E-state index in [4.69, 9.17) is 4.74 Å². The number of aliphatic imine (C=N–C) groups is 1. The summed E-state index contributed by atoms with van der Waals surface area (Å²) in [4.78, 5) is 18.1. The smallest absolute Gasteiger partial charge is 0.410 e. The Morgan fingerprint density at radius 1 is 1.40 bits per heavy atom. The van der Waals surface area contributed by atoms with Crippen LogP contribution in [-0.2, 0) is 11.3 Å². The van der Waals surface area contributed by atoms with Crippen LogP contribution < -0.4 is 10.6 Å². The van der Waals surface area contributed by atoms with Gasteiger partial charge in [-0.25, -0.2) is 9.79 Å². The highest BCUT2D eigenvalue weighted by atomic mass is 16.6. The third kappa shape index (κ3) is 6.17. The van der Waals surface area contributed by atoms with Crippen LogP contribution in [0.4, 0.5) is 4.79 Å². The SMILES string of the molecule is CCNC(=NCc1cccc(O)c1)NC1CN(C(=O)OC(C)(C)C)C1. The molecule has 3 N–H and O–H groups in total. The number of amides is 1. The van der Waals surface area contributed by atoms with E-state index in [9.17, 15) is 9.90 Å². The number of likely N-dealkylation sites (tertiary alicyclic amines) is 1. The van der Waals surface area contributed by atoms with Crippen molar-refractivity contribution in [3.63, 3.8) is 0 Å². The molecule has 0 saturated carbocycles. The molecule has 7 nitrogen and oxygen atoms in total. The number of phenols is 1. The first-order valence-electron chi connectivity index (χ1n) is 8.57. The maximum Gasteiger partial charge on any atom is 0.410 e. The molecule has 1 aliphatic heterocycles. The normalized spacial score (nSPS) is 15.5. The predicted molar refractivity (Wildman–Crippen MR) is 97.7 cm³/mol. The van der Waals surface area contributed by atoms with E-state index < -0.39 is 5.60 Å². The molecule has 1 aliphatic rings. The first-order valence-corrected chi connectivity index (χ1v) is 8.57. The summed E-state index contributed by atoms with van der Waals surface area (Å²) < 4.78 is 5.35. The Labute approximate surface area is 149 Å². The van der Waals surface area contributed by atoms with Gasteiger partial charge in [-0.15, -0.1) is 0 Å². The van der Waals surface area contributed by atoms with Crippen molar-refractivity contribution in [3.05, 3.63) is 29.8 Å². The molecule has 2 rings (SSSR count). The Morgan fingerprint density at radius 3 is 2.72 bits per heavy atom. The van der Waals surface area contributed by atoms with Crippen LogP contribution in [-0.4, -0.2) is 53.3 Å². The lowest BCUT2D eigenvalue weighted by atomic mass is 10.1. The van der Waals surface area contributed by atoms with E-state index in [0.29, 0.717) is 25.6 Å². The number of nitrogens with zero attached hydrogens (tertiary/aromatic N) is 2. The Morgan fingerprint density at radius 2 is 2.12 bits per heavy atom. The van der Waals surface area contributed by atoms with Gasteiger partial charge in [0.2, 0.25) is 0 Å². The number of carbonyl (C=O) groups excluding carboxylic acids is 1. The lowest BCUT2D eigenvalue weighted by molar-refractivity contribution is 0.00701. The minimum absolute atomic E-state index is 0.148. The summed E-state index contributed by atoms with van der Waals surface area (Å²) >= 11 is 0. The first kappa shape index (κ1) is 18.9. The molecule has 7 heteroatoms. The molecule has 0 bridgehead atoms. The van der Waals surface area contributed by atoms with E-state index in [1.54, 1.807) is 23.1 Å². The summed E-state index contributed by atoms with van der Waals surface area (Å²) in [5.41, 5.74) is 0.453. The zero-order valence-electron chi connectivity index (χ0n) is 15.4. The molecular formula is C18H28N4O3. The van der Waals surface area contributed by atoms with Crippen LogP contribution in [0.15, 0.2) is 29.3 Å². The average molecular weight is 348 g/mol. The van der Waals surface area contributed by atoms with Crippen molar-refractivity contribution in [2.75, 3.05) is 19.6 Å². The molecule has 0 aromatic heterocycles. The van der Waals surface area contributed by atoms with Crippen LogP contribution in [0.1, 0.15) is 33.3 Å². The van der Waals surface area contributed by atoms with Crippen molar-refractivity contribution in [1.82, 2.24) is 15.5 Å². The van der Waals surface area contributed by atoms with E-state index in [0.717, 1.165) is 12.1 Å². The number of nitrogens with one attached hydrogen (secondary N) is 2. The molecule has 0 spiro atoms. The van der Waals surface area contributed by atoms with E-state index in [-0.39, 0.29) is 17.9 Å². The third-order valence-electron chi connectivity index (χ3n) is 3.55. The minimum atomic E-state index is -0.479. The molecule has 25 heavy (non-hydrogen) atoms. The van der Waals surface area contributed by atoms with Crippen LogP contribution in [0, 0.1) is 0 Å². The van der Waals surface area contributed by atoms with Crippen molar-refractivity contribution >= 4 is 12.1 Å².